The second-order valence-corrected chi connectivity index (χ2v) is 5.31. The lowest BCUT2D eigenvalue weighted by molar-refractivity contribution is -0.129. The van der Waals surface area contributed by atoms with Gasteiger partial charge in [-0.3, -0.25) is 4.79 Å². The first-order valence-corrected chi connectivity index (χ1v) is 7.19. The highest BCUT2D eigenvalue weighted by molar-refractivity contribution is 5.77. The summed E-state index contributed by atoms with van der Waals surface area (Å²) in [4.78, 5) is 11.5. The van der Waals surface area contributed by atoms with E-state index in [1.807, 2.05) is 6.92 Å². The molecule has 0 aromatic carbocycles. The third kappa shape index (κ3) is 5.83. The molecule has 0 radical (unpaired) electrons. The van der Waals surface area contributed by atoms with Crippen LogP contribution in [0, 0.1) is 5.92 Å². The Morgan fingerprint density at radius 3 is 2.83 bits per heavy atom. The molecule has 3 unspecified atom stereocenters. The van der Waals surface area contributed by atoms with Gasteiger partial charge in [0.2, 0.25) is 5.91 Å². The molecule has 1 aliphatic rings. The van der Waals surface area contributed by atoms with Gasteiger partial charge >= 0.3 is 0 Å². The number of rotatable bonds is 7. The Hall–Kier alpha value is -0.610. The molecule has 0 saturated heterocycles. The minimum absolute atomic E-state index is 0.0731. The van der Waals surface area contributed by atoms with Crippen LogP contribution >= 0.6 is 0 Å². The fourth-order valence-corrected chi connectivity index (χ4v) is 2.35. The SMILES string of the molecule is CCC(O)CCNC(=O)COC1CCCCC1C. The molecule has 1 saturated carbocycles. The van der Waals surface area contributed by atoms with Gasteiger partial charge in [0.1, 0.15) is 6.61 Å². The monoisotopic (exact) mass is 257 g/mol. The second-order valence-electron chi connectivity index (χ2n) is 5.31. The molecule has 0 bridgehead atoms. The van der Waals surface area contributed by atoms with Crippen molar-refractivity contribution in [2.24, 2.45) is 5.92 Å². The van der Waals surface area contributed by atoms with Gasteiger partial charge in [-0.15, -0.1) is 0 Å². The summed E-state index contributed by atoms with van der Waals surface area (Å²) < 4.78 is 5.67. The highest BCUT2D eigenvalue weighted by Crippen LogP contribution is 2.25. The maximum Gasteiger partial charge on any atom is 0.246 e. The molecule has 0 aromatic heterocycles. The van der Waals surface area contributed by atoms with Crippen molar-refractivity contribution >= 4 is 5.91 Å². The maximum atomic E-state index is 11.5. The van der Waals surface area contributed by atoms with E-state index < -0.39 is 0 Å². The van der Waals surface area contributed by atoms with Crippen molar-refractivity contribution in [2.75, 3.05) is 13.2 Å². The van der Waals surface area contributed by atoms with Crippen molar-refractivity contribution in [2.45, 2.75) is 64.6 Å². The van der Waals surface area contributed by atoms with Crippen LogP contribution in [0.15, 0.2) is 0 Å². The van der Waals surface area contributed by atoms with Gasteiger partial charge < -0.3 is 15.2 Å². The van der Waals surface area contributed by atoms with Gasteiger partial charge in [0.25, 0.3) is 0 Å². The Kier molecular flexibility index (Phi) is 7.28. The molecule has 4 nitrogen and oxygen atoms in total. The Bertz CT molecular complexity index is 245. The van der Waals surface area contributed by atoms with E-state index in [4.69, 9.17) is 4.74 Å². The third-order valence-corrected chi connectivity index (χ3v) is 3.73. The Morgan fingerprint density at radius 1 is 1.44 bits per heavy atom. The summed E-state index contributed by atoms with van der Waals surface area (Å²) in [7, 11) is 0. The lowest BCUT2D eigenvalue weighted by atomic mass is 9.88. The normalized spacial score (nSPS) is 25.7. The molecule has 1 amide bonds. The predicted octanol–water partition coefficient (Wildman–Crippen LogP) is 1.86. The largest absolute Gasteiger partial charge is 0.393 e. The number of nitrogens with one attached hydrogen (secondary N) is 1. The highest BCUT2D eigenvalue weighted by Gasteiger charge is 2.22. The van der Waals surface area contributed by atoms with Crippen LogP contribution in [-0.2, 0) is 9.53 Å². The van der Waals surface area contributed by atoms with Crippen LogP contribution in [0.3, 0.4) is 0 Å². The molecular weight excluding hydrogens is 230 g/mol. The number of hydrogen-bond acceptors (Lipinski definition) is 3. The summed E-state index contributed by atoms with van der Waals surface area (Å²) in [6.07, 6.45) is 6.03. The number of amides is 1. The van der Waals surface area contributed by atoms with Gasteiger partial charge in [-0.2, -0.15) is 0 Å². The molecule has 0 spiro atoms. The summed E-state index contributed by atoms with van der Waals surface area (Å²) in [5.41, 5.74) is 0. The van der Waals surface area contributed by atoms with Crippen LogP contribution in [-0.4, -0.2) is 36.4 Å². The zero-order valence-electron chi connectivity index (χ0n) is 11.7. The van der Waals surface area contributed by atoms with Crippen LogP contribution in [0.5, 0.6) is 0 Å². The fourth-order valence-electron chi connectivity index (χ4n) is 2.35. The molecule has 1 rings (SSSR count). The molecule has 0 heterocycles. The van der Waals surface area contributed by atoms with Crippen molar-refractivity contribution in [3.8, 4) is 0 Å². The molecule has 1 aliphatic carbocycles. The Morgan fingerprint density at radius 2 is 2.17 bits per heavy atom. The average molecular weight is 257 g/mol. The van der Waals surface area contributed by atoms with E-state index in [0.717, 1.165) is 12.8 Å². The summed E-state index contributed by atoms with van der Waals surface area (Å²) in [5.74, 6) is 0.490. The summed E-state index contributed by atoms with van der Waals surface area (Å²) in [6, 6.07) is 0. The number of carbonyl (C=O) groups is 1. The van der Waals surface area contributed by atoms with E-state index in [1.165, 1.54) is 19.3 Å². The van der Waals surface area contributed by atoms with Crippen molar-refractivity contribution in [1.82, 2.24) is 5.32 Å². The molecular formula is C14H27NO3. The van der Waals surface area contributed by atoms with E-state index in [9.17, 15) is 9.90 Å². The summed E-state index contributed by atoms with van der Waals surface area (Å²) in [6.45, 7) is 4.80. The van der Waals surface area contributed by atoms with Crippen LogP contribution in [0.4, 0.5) is 0 Å². The van der Waals surface area contributed by atoms with Gasteiger partial charge in [-0.1, -0.05) is 26.7 Å². The Labute approximate surface area is 110 Å². The van der Waals surface area contributed by atoms with Gasteiger partial charge in [-0.25, -0.2) is 0 Å². The number of aliphatic hydroxyl groups excluding tert-OH is 1. The lowest BCUT2D eigenvalue weighted by Gasteiger charge is -2.28. The molecule has 4 heteroatoms. The van der Waals surface area contributed by atoms with E-state index in [2.05, 4.69) is 12.2 Å². The maximum absolute atomic E-state index is 11.5. The number of carbonyl (C=O) groups excluding carboxylic acids is 1. The second kappa shape index (κ2) is 8.48. The molecule has 0 aliphatic heterocycles. The first kappa shape index (κ1) is 15.4. The van der Waals surface area contributed by atoms with Crippen molar-refractivity contribution in [3.63, 3.8) is 0 Å². The van der Waals surface area contributed by atoms with Crippen LogP contribution < -0.4 is 5.32 Å². The smallest absolute Gasteiger partial charge is 0.246 e. The topological polar surface area (TPSA) is 58.6 Å². The van der Waals surface area contributed by atoms with Crippen LogP contribution in [0.2, 0.25) is 0 Å². The molecule has 0 aromatic rings. The van der Waals surface area contributed by atoms with Crippen LogP contribution in [0.1, 0.15) is 52.4 Å². The average Bonchev–Trinajstić information content (AvgIpc) is 2.37. The number of ether oxygens (including phenoxy) is 1. The quantitative estimate of drug-likeness (QED) is 0.732. The number of aliphatic hydroxyl groups is 1. The molecule has 106 valence electrons. The fraction of sp³-hybridized carbons (Fsp3) is 0.929. The minimum atomic E-state index is -0.315. The van der Waals surface area contributed by atoms with Gasteiger partial charge in [-0.05, 0) is 31.6 Å². The van der Waals surface area contributed by atoms with E-state index in [1.54, 1.807) is 0 Å². The van der Waals surface area contributed by atoms with Crippen molar-refractivity contribution in [1.29, 1.82) is 0 Å². The number of hydrogen-bond donors (Lipinski definition) is 2. The molecule has 2 N–H and O–H groups in total. The van der Waals surface area contributed by atoms with E-state index in [-0.39, 0.29) is 24.7 Å². The van der Waals surface area contributed by atoms with Crippen LogP contribution in [0.25, 0.3) is 0 Å². The minimum Gasteiger partial charge on any atom is -0.393 e. The summed E-state index contributed by atoms with van der Waals surface area (Å²) >= 11 is 0. The van der Waals surface area contributed by atoms with E-state index in [0.29, 0.717) is 18.9 Å². The van der Waals surface area contributed by atoms with Gasteiger partial charge in [0.05, 0.1) is 12.2 Å². The van der Waals surface area contributed by atoms with Crippen molar-refractivity contribution in [3.05, 3.63) is 0 Å². The van der Waals surface area contributed by atoms with Gasteiger partial charge in [0.15, 0.2) is 0 Å². The molecule has 18 heavy (non-hydrogen) atoms. The van der Waals surface area contributed by atoms with E-state index >= 15 is 0 Å². The van der Waals surface area contributed by atoms with Gasteiger partial charge in [0, 0.05) is 6.54 Å². The predicted molar refractivity (Wildman–Crippen MR) is 71.3 cm³/mol. The van der Waals surface area contributed by atoms with Crippen molar-refractivity contribution < 1.29 is 14.6 Å². The first-order valence-electron chi connectivity index (χ1n) is 7.19. The zero-order valence-corrected chi connectivity index (χ0v) is 11.7. The summed E-state index contributed by atoms with van der Waals surface area (Å²) in [5, 5.41) is 12.1. The zero-order chi connectivity index (χ0) is 13.4. The molecule has 3 atom stereocenters. The Balaban J connectivity index is 2.09. The molecule has 1 fully saturated rings. The third-order valence-electron chi connectivity index (χ3n) is 3.73. The first-order chi connectivity index (χ1) is 8.63. The lowest BCUT2D eigenvalue weighted by Crippen LogP contribution is -2.34. The standard InChI is InChI=1S/C14H27NO3/c1-3-12(16)8-9-15-14(17)10-18-13-7-5-4-6-11(13)2/h11-13,16H,3-10H2,1-2H3,(H,15,17). The highest BCUT2D eigenvalue weighted by atomic mass is 16.5.